The Bertz CT molecular complexity index is 803. The van der Waals surface area contributed by atoms with Crippen molar-refractivity contribution in [2.45, 2.75) is 20.3 Å². The van der Waals surface area contributed by atoms with E-state index in [9.17, 15) is 0 Å². The van der Waals surface area contributed by atoms with E-state index in [0.717, 1.165) is 11.1 Å². The molecule has 0 saturated carbocycles. The average Bonchev–Trinajstić information content (AvgIpc) is 3.05. The monoisotopic (exact) mass is 278 g/mol. The van der Waals surface area contributed by atoms with E-state index >= 15 is 0 Å². The number of aromatic nitrogens is 3. The molecule has 0 spiro atoms. The fourth-order valence-corrected chi connectivity index (χ4v) is 2.38. The van der Waals surface area contributed by atoms with Gasteiger partial charge in [0.25, 0.3) is 5.89 Å². The van der Waals surface area contributed by atoms with E-state index in [1.54, 1.807) is 12.3 Å². The highest BCUT2D eigenvalue weighted by molar-refractivity contribution is 5.54. The number of aryl methyl sites for hydroxylation is 2. The quantitative estimate of drug-likeness (QED) is 0.798. The summed E-state index contributed by atoms with van der Waals surface area (Å²) in [6.07, 6.45) is 2.31. The maximum absolute atomic E-state index is 8.80. The highest BCUT2D eigenvalue weighted by Crippen LogP contribution is 2.19. The summed E-state index contributed by atoms with van der Waals surface area (Å²) in [4.78, 5) is 7.21. The third-order valence-electron chi connectivity index (χ3n) is 3.16. The number of aromatic amines is 1. The van der Waals surface area contributed by atoms with Crippen LogP contribution in [0.1, 0.15) is 28.2 Å². The summed E-state index contributed by atoms with van der Waals surface area (Å²) in [5.41, 5.74) is 4.80. The second-order valence-electron chi connectivity index (χ2n) is 5.10. The Hall–Kier alpha value is -2.87. The Kier molecular flexibility index (Phi) is 3.28. The molecule has 0 atom stereocenters. The molecule has 0 bridgehead atoms. The molecule has 2 aromatic heterocycles. The lowest BCUT2D eigenvalue weighted by molar-refractivity contribution is 0.424. The van der Waals surface area contributed by atoms with E-state index in [0.29, 0.717) is 23.8 Å². The number of hydrogen-bond donors (Lipinski definition) is 1. The zero-order chi connectivity index (χ0) is 14.8. The molecule has 21 heavy (non-hydrogen) atoms. The molecule has 3 aromatic rings. The van der Waals surface area contributed by atoms with Gasteiger partial charge in [-0.2, -0.15) is 10.2 Å². The van der Waals surface area contributed by atoms with Gasteiger partial charge in [0.05, 0.1) is 5.56 Å². The minimum absolute atomic E-state index is 0.423. The summed E-state index contributed by atoms with van der Waals surface area (Å²) in [5.74, 6) is 1.06. The molecule has 0 aliphatic rings. The molecule has 0 aliphatic heterocycles. The van der Waals surface area contributed by atoms with Crippen molar-refractivity contribution >= 4 is 0 Å². The zero-order valence-corrected chi connectivity index (χ0v) is 11.8. The zero-order valence-electron chi connectivity index (χ0n) is 11.8. The van der Waals surface area contributed by atoms with Gasteiger partial charge in [-0.15, -0.1) is 0 Å². The first-order valence-electron chi connectivity index (χ1n) is 6.62. The molecular formula is C16H14N4O. The Morgan fingerprint density at radius 1 is 1.19 bits per heavy atom. The Labute approximate surface area is 122 Å². The van der Waals surface area contributed by atoms with Crippen molar-refractivity contribution in [3.05, 3.63) is 58.7 Å². The van der Waals surface area contributed by atoms with E-state index in [2.05, 4.69) is 47.2 Å². The second kappa shape index (κ2) is 5.25. The van der Waals surface area contributed by atoms with Gasteiger partial charge in [0.2, 0.25) is 0 Å². The van der Waals surface area contributed by atoms with Crippen LogP contribution >= 0.6 is 0 Å². The van der Waals surface area contributed by atoms with Gasteiger partial charge >= 0.3 is 0 Å². The van der Waals surface area contributed by atoms with Crippen LogP contribution in [0.5, 0.6) is 0 Å². The minimum atomic E-state index is 0.423. The number of nitriles is 1. The highest BCUT2D eigenvalue weighted by atomic mass is 16.5. The van der Waals surface area contributed by atoms with Crippen molar-refractivity contribution in [1.29, 1.82) is 5.26 Å². The van der Waals surface area contributed by atoms with Crippen LogP contribution in [0.3, 0.4) is 0 Å². The molecule has 1 N–H and O–H groups in total. The second-order valence-corrected chi connectivity index (χ2v) is 5.10. The molecule has 2 heterocycles. The van der Waals surface area contributed by atoms with Crippen LogP contribution in [-0.2, 0) is 6.42 Å². The number of nitrogens with zero attached hydrogens (tertiary/aromatic N) is 3. The van der Waals surface area contributed by atoms with Gasteiger partial charge in [-0.3, -0.25) is 0 Å². The average molecular weight is 278 g/mol. The van der Waals surface area contributed by atoms with Crippen LogP contribution in [0.25, 0.3) is 11.5 Å². The van der Waals surface area contributed by atoms with Gasteiger partial charge in [0.1, 0.15) is 11.8 Å². The largest absolute Gasteiger partial charge is 0.352 e. The van der Waals surface area contributed by atoms with E-state index in [1.807, 2.05) is 6.07 Å². The fourth-order valence-electron chi connectivity index (χ4n) is 2.38. The fraction of sp³-hybridized carbons (Fsp3) is 0.188. The Morgan fingerprint density at radius 2 is 1.95 bits per heavy atom. The van der Waals surface area contributed by atoms with Crippen molar-refractivity contribution in [2.24, 2.45) is 0 Å². The summed E-state index contributed by atoms with van der Waals surface area (Å²) < 4.78 is 5.25. The van der Waals surface area contributed by atoms with Crippen LogP contribution in [0.2, 0.25) is 0 Å². The first kappa shape index (κ1) is 13.1. The summed E-state index contributed by atoms with van der Waals surface area (Å²) in [7, 11) is 0. The van der Waals surface area contributed by atoms with Crippen LogP contribution in [-0.4, -0.2) is 15.1 Å². The molecule has 104 valence electrons. The SMILES string of the molecule is Cc1cc(C)cc(Cc2noc(-c3c[nH]c(C#N)c3)n2)c1. The molecular weight excluding hydrogens is 264 g/mol. The predicted molar refractivity (Wildman–Crippen MR) is 77.5 cm³/mol. The molecule has 0 aliphatic carbocycles. The number of nitrogens with one attached hydrogen (secondary N) is 1. The molecule has 3 rings (SSSR count). The lowest BCUT2D eigenvalue weighted by Crippen LogP contribution is -1.92. The van der Waals surface area contributed by atoms with Crippen LogP contribution in [0.15, 0.2) is 35.0 Å². The maximum atomic E-state index is 8.80. The van der Waals surface area contributed by atoms with Gasteiger partial charge in [-0.05, 0) is 25.5 Å². The van der Waals surface area contributed by atoms with E-state index in [1.165, 1.54) is 11.1 Å². The van der Waals surface area contributed by atoms with Gasteiger partial charge in [-0.25, -0.2) is 0 Å². The topological polar surface area (TPSA) is 78.5 Å². The minimum Gasteiger partial charge on any atom is -0.352 e. The normalized spacial score (nSPS) is 10.5. The van der Waals surface area contributed by atoms with Crippen LogP contribution < -0.4 is 0 Å². The number of benzene rings is 1. The summed E-state index contributed by atoms with van der Waals surface area (Å²) in [6.45, 7) is 4.14. The summed E-state index contributed by atoms with van der Waals surface area (Å²) in [5, 5.41) is 12.8. The van der Waals surface area contributed by atoms with Crippen molar-refractivity contribution in [3.63, 3.8) is 0 Å². The maximum Gasteiger partial charge on any atom is 0.259 e. The predicted octanol–water partition coefficient (Wildman–Crippen LogP) is 3.14. The smallest absolute Gasteiger partial charge is 0.259 e. The van der Waals surface area contributed by atoms with Crippen molar-refractivity contribution in [2.75, 3.05) is 0 Å². The highest BCUT2D eigenvalue weighted by Gasteiger charge is 2.11. The molecule has 0 amide bonds. The van der Waals surface area contributed by atoms with E-state index in [4.69, 9.17) is 9.78 Å². The molecule has 1 aromatic carbocycles. The summed E-state index contributed by atoms with van der Waals surface area (Å²) in [6, 6.07) is 10.1. The lowest BCUT2D eigenvalue weighted by atomic mass is 10.1. The molecule has 0 fully saturated rings. The number of hydrogen-bond acceptors (Lipinski definition) is 4. The summed E-state index contributed by atoms with van der Waals surface area (Å²) >= 11 is 0. The molecule has 5 nitrogen and oxygen atoms in total. The standard InChI is InChI=1S/C16H14N4O/c1-10-3-11(2)5-12(4-10)6-15-19-16(21-20-15)13-7-14(8-17)18-9-13/h3-5,7,9,18H,6H2,1-2H3. The first-order chi connectivity index (χ1) is 10.1. The van der Waals surface area contributed by atoms with Gasteiger partial charge < -0.3 is 9.51 Å². The van der Waals surface area contributed by atoms with Crippen molar-refractivity contribution in [3.8, 4) is 17.5 Å². The third kappa shape index (κ3) is 2.84. The first-order valence-corrected chi connectivity index (χ1v) is 6.62. The van der Waals surface area contributed by atoms with Gasteiger partial charge in [0.15, 0.2) is 5.82 Å². The molecule has 0 radical (unpaired) electrons. The van der Waals surface area contributed by atoms with E-state index in [-0.39, 0.29) is 0 Å². The van der Waals surface area contributed by atoms with Crippen LogP contribution in [0, 0.1) is 25.2 Å². The van der Waals surface area contributed by atoms with Crippen molar-refractivity contribution < 1.29 is 4.52 Å². The van der Waals surface area contributed by atoms with Gasteiger partial charge in [-0.1, -0.05) is 34.5 Å². The molecule has 0 saturated heterocycles. The lowest BCUT2D eigenvalue weighted by Gasteiger charge is -2.01. The molecule has 0 unspecified atom stereocenters. The molecule has 5 heteroatoms. The Morgan fingerprint density at radius 3 is 2.62 bits per heavy atom. The van der Waals surface area contributed by atoms with Gasteiger partial charge in [0, 0.05) is 12.6 Å². The number of rotatable bonds is 3. The number of H-pyrrole nitrogens is 1. The third-order valence-corrected chi connectivity index (χ3v) is 3.16. The van der Waals surface area contributed by atoms with E-state index < -0.39 is 0 Å². The Balaban J connectivity index is 1.83. The van der Waals surface area contributed by atoms with Crippen LogP contribution in [0.4, 0.5) is 0 Å². The van der Waals surface area contributed by atoms with Crippen molar-refractivity contribution in [1.82, 2.24) is 15.1 Å².